The fourth-order valence-corrected chi connectivity index (χ4v) is 4.83. The number of sulfonamides is 1. The SMILES string of the molecule is Cc1ccccc1C(C)NC(=O)NCCS(=O)(=O)N1CCc2ccccc21. The minimum atomic E-state index is -3.47. The van der Waals surface area contributed by atoms with Crippen LogP contribution in [-0.2, 0) is 16.4 Å². The van der Waals surface area contributed by atoms with E-state index in [1.807, 2.05) is 62.4 Å². The number of fused-ring (bicyclic) bond motifs is 1. The Morgan fingerprint density at radius 2 is 1.85 bits per heavy atom. The van der Waals surface area contributed by atoms with E-state index in [4.69, 9.17) is 0 Å². The van der Waals surface area contributed by atoms with E-state index in [9.17, 15) is 13.2 Å². The molecule has 0 radical (unpaired) electrons. The number of aryl methyl sites for hydroxylation is 1. The standard InChI is InChI=1S/C20H25N3O3S/c1-15-7-3-5-9-18(15)16(2)22-20(24)21-12-14-27(25,26)23-13-11-17-8-4-6-10-19(17)23/h3-10,16H,11-14H2,1-2H3,(H2,21,22,24). The largest absolute Gasteiger partial charge is 0.337 e. The van der Waals surface area contributed by atoms with E-state index < -0.39 is 10.0 Å². The highest BCUT2D eigenvalue weighted by Gasteiger charge is 2.28. The molecule has 0 spiro atoms. The van der Waals surface area contributed by atoms with Crippen LogP contribution in [0.15, 0.2) is 48.5 Å². The molecule has 3 rings (SSSR count). The van der Waals surface area contributed by atoms with Crippen molar-refractivity contribution in [3.63, 3.8) is 0 Å². The minimum absolute atomic E-state index is 0.0628. The number of amides is 2. The second-order valence-corrected chi connectivity index (χ2v) is 8.76. The number of urea groups is 1. The molecule has 7 heteroatoms. The van der Waals surface area contributed by atoms with Crippen LogP contribution in [0.1, 0.15) is 29.7 Å². The number of benzene rings is 2. The number of nitrogens with zero attached hydrogens (tertiary/aromatic N) is 1. The Labute approximate surface area is 160 Å². The molecule has 2 aromatic rings. The number of carbonyl (C=O) groups excluding carboxylic acids is 1. The van der Waals surface area contributed by atoms with E-state index >= 15 is 0 Å². The Kier molecular flexibility index (Phi) is 5.70. The van der Waals surface area contributed by atoms with Crippen LogP contribution in [0.3, 0.4) is 0 Å². The lowest BCUT2D eigenvalue weighted by molar-refractivity contribution is 0.238. The number of anilines is 1. The third kappa shape index (κ3) is 4.42. The van der Waals surface area contributed by atoms with Crippen molar-refractivity contribution in [3.8, 4) is 0 Å². The van der Waals surface area contributed by atoms with Crippen LogP contribution < -0.4 is 14.9 Å². The number of hydrogen-bond donors (Lipinski definition) is 2. The smallest absolute Gasteiger partial charge is 0.315 e. The van der Waals surface area contributed by atoms with Crippen molar-refractivity contribution < 1.29 is 13.2 Å². The molecule has 144 valence electrons. The van der Waals surface area contributed by atoms with E-state index in [-0.39, 0.29) is 24.4 Å². The monoisotopic (exact) mass is 387 g/mol. The van der Waals surface area contributed by atoms with Gasteiger partial charge in [-0.2, -0.15) is 0 Å². The maximum absolute atomic E-state index is 12.6. The molecule has 2 amide bonds. The Bertz CT molecular complexity index is 928. The summed E-state index contributed by atoms with van der Waals surface area (Å²) in [6.07, 6.45) is 0.720. The van der Waals surface area contributed by atoms with Crippen LogP contribution in [0.5, 0.6) is 0 Å². The van der Waals surface area contributed by atoms with Gasteiger partial charge in [0.05, 0.1) is 17.5 Å². The summed E-state index contributed by atoms with van der Waals surface area (Å²) in [5.41, 5.74) is 3.92. The Morgan fingerprint density at radius 1 is 1.15 bits per heavy atom. The van der Waals surface area contributed by atoms with Crippen molar-refractivity contribution >= 4 is 21.7 Å². The molecule has 0 aliphatic carbocycles. The number of para-hydroxylation sites is 1. The van der Waals surface area contributed by atoms with E-state index in [1.165, 1.54) is 4.31 Å². The highest BCUT2D eigenvalue weighted by atomic mass is 32.2. The molecule has 0 saturated carbocycles. The van der Waals surface area contributed by atoms with Crippen LogP contribution >= 0.6 is 0 Å². The fraction of sp³-hybridized carbons (Fsp3) is 0.350. The van der Waals surface area contributed by atoms with Crippen LogP contribution in [0, 0.1) is 6.92 Å². The first-order valence-corrected chi connectivity index (χ1v) is 10.7. The highest BCUT2D eigenvalue weighted by Crippen LogP contribution is 2.29. The molecule has 2 aromatic carbocycles. The summed E-state index contributed by atoms with van der Waals surface area (Å²) in [5.74, 6) is -0.131. The first-order chi connectivity index (χ1) is 12.9. The highest BCUT2D eigenvalue weighted by molar-refractivity contribution is 7.92. The zero-order valence-electron chi connectivity index (χ0n) is 15.6. The molecule has 27 heavy (non-hydrogen) atoms. The van der Waals surface area contributed by atoms with Gasteiger partial charge in [-0.05, 0) is 43.0 Å². The summed E-state index contributed by atoms with van der Waals surface area (Å²) in [7, 11) is -3.47. The molecule has 2 N–H and O–H groups in total. The van der Waals surface area contributed by atoms with Crippen molar-refractivity contribution in [2.45, 2.75) is 26.3 Å². The van der Waals surface area contributed by atoms with Crippen LogP contribution in [0.4, 0.5) is 10.5 Å². The average molecular weight is 388 g/mol. The lowest BCUT2D eigenvalue weighted by Crippen LogP contribution is -2.41. The van der Waals surface area contributed by atoms with Gasteiger partial charge in [-0.3, -0.25) is 4.31 Å². The zero-order valence-corrected chi connectivity index (χ0v) is 16.4. The third-order valence-corrected chi connectivity index (χ3v) is 6.60. The maximum Gasteiger partial charge on any atom is 0.315 e. The number of carbonyl (C=O) groups is 1. The topological polar surface area (TPSA) is 78.5 Å². The molecular weight excluding hydrogens is 362 g/mol. The normalized spacial score (nSPS) is 14.5. The molecule has 0 fully saturated rings. The van der Waals surface area contributed by atoms with Gasteiger partial charge in [-0.25, -0.2) is 13.2 Å². The Balaban J connectivity index is 1.52. The van der Waals surface area contributed by atoms with Gasteiger partial charge in [-0.15, -0.1) is 0 Å². The quantitative estimate of drug-likeness (QED) is 0.800. The molecule has 1 aliphatic heterocycles. The number of hydrogen-bond acceptors (Lipinski definition) is 3. The van der Waals surface area contributed by atoms with E-state index in [2.05, 4.69) is 10.6 Å². The maximum atomic E-state index is 12.6. The first kappa shape index (κ1) is 19.2. The summed E-state index contributed by atoms with van der Waals surface area (Å²) in [5, 5.41) is 5.50. The molecule has 1 aliphatic rings. The summed E-state index contributed by atoms with van der Waals surface area (Å²) in [4.78, 5) is 12.1. The lowest BCUT2D eigenvalue weighted by atomic mass is 10.0. The lowest BCUT2D eigenvalue weighted by Gasteiger charge is -2.20. The fourth-order valence-electron chi connectivity index (χ4n) is 3.40. The number of rotatable bonds is 6. The second-order valence-electron chi connectivity index (χ2n) is 6.75. The van der Waals surface area contributed by atoms with E-state index in [0.29, 0.717) is 6.54 Å². The van der Waals surface area contributed by atoms with Gasteiger partial charge in [0.1, 0.15) is 0 Å². The van der Waals surface area contributed by atoms with Gasteiger partial charge in [0.15, 0.2) is 0 Å². The molecule has 0 saturated heterocycles. The Morgan fingerprint density at radius 3 is 2.63 bits per heavy atom. The van der Waals surface area contributed by atoms with Gasteiger partial charge >= 0.3 is 6.03 Å². The third-order valence-electron chi connectivity index (χ3n) is 4.83. The molecule has 0 bridgehead atoms. The van der Waals surface area contributed by atoms with Gasteiger partial charge in [0.25, 0.3) is 0 Å². The summed E-state index contributed by atoms with van der Waals surface area (Å²) in [6, 6.07) is 14.8. The van der Waals surface area contributed by atoms with Crippen molar-refractivity contribution in [3.05, 3.63) is 65.2 Å². The minimum Gasteiger partial charge on any atom is -0.337 e. The van der Waals surface area contributed by atoms with Crippen LogP contribution in [0.25, 0.3) is 0 Å². The average Bonchev–Trinajstić information content (AvgIpc) is 3.07. The van der Waals surface area contributed by atoms with Gasteiger partial charge in [0, 0.05) is 13.1 Å². The van der Waals surface area contributed by atoms with Crippen molar-refractivity contribution in [1.29, 1.82) is 0 Å². The molecule has 0 aromatic heterocycles. The van der Waals surface area contributed by atoms with Gasteiger partial charge in [0.2, 0.25) is 10.0 Å². The first-order valence-electron chi connectivity index (χ1n) is 9.07. The zero-order chi connectivity index (χ0) is 19.4. The molecular formula is C20H25N3O3S. The number of nitrogens with one attached hydrogen (secondary N) is 2. The Hall–Kier alpha value is -2.54. The summed E-state index contributed by atoms with van der Waals surface area (Å²) < 4.78 is 26.7. The predicted octanol–water partition coefficient (Wildman–Crippen LogP) is 2.75. The predicted molar refractivity (Wildman–Crippen MR) is 107 cm³/mol. The molecule has 1 unspecified atom stereocenters. The van der Waals surface area contributed by atoms with Crippen molar-refractivity contribution in [1.82, 2.24) is 10.6 Å². The molecule has 1 atom stereocenters. The second kappa shape index (κ2) is 8.00. The van der Waals surface area contributed by atoms with Gasteiger partial charge in [-0.1, -0.05) is 42.5 Å². The molecule has 1 heterocycles. The summed E-state index contributed by atoms with van der Waals surface area (Å²) in [6.45, 7) is 4.41. The molecule has 6 nitrogen and oxygen atoms in total. The van der Waals surface area contributed by atoms with Crippen molar-refractivity contribution in [2.24, 2.45) is 0 Å². The van der Waals surface area contributed by atoms with Crippen LogP contribution in [-0.4, -0.2) is 33.3 Å². The van der Waals surface area contributed by atoms with Crippen LogP contribution in [0.2, 0.25) is 0 Å². The summed E-state index contributed by atoms with van der Waals surface area (Å²) >= 11 is 0. The van der Waals surface area contributed by atoms with E-state index in [1.54, 1.807) is 0 Å². The van der Waals surface area contributed by atoms with Crippen molar-refractivity contribution in [2.75, 3.05) is 23.1 Å². The van der Waals surface area contributed by atoms with E-state index in [0.717, 1.165) is 28.8 Å². The van der Waals surface area contributed by atoms with Gasteiger partial charge < -0.3 is 10.6 Å².